The molecule has 0 radical (unpaired) electrons. The predicted molar refractivity (Wildman–Crippen MR) is 204 cm³/mol. The number of rotatable bonds is 29. The highest BCUT2D eigenvalue weighted by Crippen LogP contribution is 2.32. The highest BCUT2D eigenvalue weighted by Gasteiger charge is 2.36. The maximum atomic E-state index is 12.8. The molecular weight excluding hydrogens is 728 g/mol. The number of hydrogen-bond donors (Lipinski definition) is 2. The first-order valence-electron chi connectivity index (χ1n) is 17.4. The lowest BCUT2D eigenvalue weighted by atomic mass is 9.79. The van der Waals surface area contributed by atoms with Crippen LogP contribution >= 0.6 is 0 Å². The largest absolute Gasteiger partial charge is 0.462 e. The monoisotopic (exact) mass is 778 g/mol. The van der Waals surface area contributed by atoms with Gasteiger partial charge in [0.25, 0.3) is 0 Å². The van der Waals surface area contributed by atoms with Gasteiger partial charge in [-0.05, 0) is 48.6 Å². The van der Waals surface area contributed by atoms with Crippen molar-refractivity contribution >= 4 is 47.4 Å². The average Bonchev–Trinajstić information content (AvgIpc) is 3.22. The lowest BCUT2D eigenvalue weighted by molar-refractivity contribution is -0.151. The Balaban J connectivity index is 2.97. The molecule has 15 heteroatoms. The minimum Gasteiger partial charge on any atom is -0.462 e. The van der Waals surface area contributed by atoms with Gasteiger partial charge in [-0.25, -0.2) is 24.0 Å². The lowest BCUT2D eigenvalue weighted by Crippen LogP contribution is -2.41. The summed E-state index contributed by atoms with van der Waals surface area (Å²) < 4.78 is 26.6. The van der Waals surface area contributed by atoms with E-state index in [1.807, 2.05) is 0 Å². The second kappa shape index (κ2) is 25.6. The van der Waals surface area contributed by atoms with E-state index in [1.54, 1.807) is 24.3 Å². The van der Waals surface area contributed by atoms with Crippen LogP contribution in [0.3, 0.4) is 0 Å². The smallest absolute Gasteiger partial charge is 0.407 e. The van der Waals surface area contributed by atoms with E-state index in [9.17, 15) is 38.4 Å². The van der Waals surface area contributed by atoms with Crippen LogP contribution in [0.4, 0.5) is 9.59 Å². The summed E-state index contributed by atoms with van der Waals surface area (Å²) in [5.41, 5.74) is -1.12. The summed E-state index contributed by atoms with van der Waals surface area (Å²) in [7, 11) is 0. The molecule has 0 spiro atoms. The van der Waals surface area contributed by atoms with Crippen molar-refractivity contribution in [3.63, 3.8) is 0 Å². The van der Waals surface area contributed by atoms with Crippen LogP contribution in [0, 0.1) is 10.8 Å². The van der Waals surface area contributed by atoms with Gasteiger partial charge < -0.3 is 34.3 Å². The van der Waals surface area contributed by atoms with E-state index in [2.05, 4.69) is 50.1 Å². The van der Waals surface area contributed by atoms with Crippen molar-refractivity contribution in [1.29, 1.82) is 0 Å². The molecule has 0 fully saturated rings. The molecule has 2 amide bonds. The van der Waals surface area contributed by atoms with Gasteiger partial charge in [-0.2, -0.15) is 0 Å². The molecule has 0 aromatic heterocycles. The maximum absolute atomic E-state index is 12.8. The number of carbonyl (C=O) groups excluding carboxylic acids is 8. The summed E-state index contributed by atoms with van der Waals surface area (Å²) in [5.74, 6) is -3.18. The molecule has 0 saturated heterocycles. The Bertz CT molecular complexity index is 1410. The number of allylic oxidation sites excluding steroid dienone is 3. The van der Waals surface area contributed by atoms with E-state index in [4.69, 9.17) is 23.7 Å². The van der Waals surface area contributed by atoms with Crippen molar-refractivity contribution in [1.82, 2.24) is 10.6 Å². The number of nitrogens with one attached hydrogen (secondary N) is 2. The van der Waals surface area contributed by atoms with Gasteiger partial charge in [-0.3, -0.25) is 14.4 Å². The summed E-state index contributed by atoms with van der Waals surface area (Å²) >= 11 is 0. The maximum Gasteiger partial charge on any atom is 0.407 e. The third kappa shape index (κ3) is 19.1. The molecule has 0 atom stereocenters. The predicted octanol–water partition coefficient (Wildman–Crippen LogP) is 4.91. The third-order valence-corrected chi connectivity index (χ3v) is 8.33. The first-order chi connectivity index (χ1) is 26.7. The molecule has 56 heavy (non-hydrogen) atoms. The molecule has 302 valence electrons. The van der Waals surface area contributed by atoms with Crippen molar-refractivity contribution in [3.8, 4) is 0 Å². The number of carbonyl (C=O) groups is 8. The van der Waals surface area contributed by atoms with Gasteiger partial charge in [0.15, 0.2) is 17.3 Å². The summed E-state index contributed by atoms with van der Waals surface area (Å²) in [4.78, 5) is 97.4. The molecule has 1 aromatic rings. The summed E-state index contributed by atoms with van der Waals surface area (Å²) in [6.45, 7) is 18.8. The van der Waals surface area contributed by atoms with E-state index in [1.165, 1.54) is 0 Å². The van der Waals surface area contributed by atoms with Crippen molar-refractivity contribution < 1.29 is 62.0 Å². The molecule has 0 aliphatic carbocycles. The topological polar surface area (TPSA) is 207 Å². The summed E-state index contributed by atoms with van der Waals surface area (Å²) in [6.07, 6.45) is 4.74. The number of amides is 2. The molecular formula is C41H50N2O13. The first-order valence-corrected chi connectivity index (χ1v) is 17.4. The molecule has 1 aromatic carbocycles. The van der Waals surface area contributed by atoms with Crippen LogP contribution in [0.5, 0.6) is 0 Å². The van der Waals surface area contributed by atoms with Crippen LogP contribution in [0.15, 0.2) is 100 Å². The molecule has 0 heterocycles. The van der Waals surface area contributed by atoms with Crippen LogP contribution in [-0.2, 0) is 65.5 Å². The highest BCUT2D eigenvalue weighted by atomic mass is 16.6. The standard InChI is InChI=1S/C41H50N2O13/c1-7-32(44)16-19-40(20-17-33(45)8-2,25-52-35(47)10-4)26-55-38(50)42-23-30-14-13-15-31(22-30)24-43-39(51)56-29-41(21-18-34(46)9-3,27-53-36(48)11-5)28-54-37(49)12-6/h7-15,22H,1-6,16-21,23-29H2,(H,42,50)(H,43,51). The second-order valence-corrected chi connectivity index (χ2v) is 12.6. The second-order valence-electron chi connectivity index (χ2n) is 12.6. The van der Waals surface area contributed by atoms with E-state index < -0.39 is 47.5 Å². The number of esters is 3. The van der Waals surface area contributed by atoms with Crippen LogP contribution < -0.4 is 10.6 Å². The third-order valence-electron chi connectivity index (χ3n) is 8.33. The van der Waals surface area contributed by atoms with E-state index in [0.29, 0.717) is 11.1 Å². The number of hydrogen-bond acceptors (Lipinski definition) is 13. The molecule has 0 aliphatic heterocycles. The van der Waals surface area contributed by atoms with Crippen LogP contribution in [0.1, 0.15) is 49.7 Å². The Morgan fingerprint density at radius 3 is 1.16 bits per heavy atom. The zero-order valence-electron chi connectivity index (χ0n) is 31.5. The van der Waals surface area contributed by atoms with Crippen molar-refractivity contribution in [2.75, 3.05) is 33.0 Å². The Kier molecular flexibility index (Phi) is 21.8. The van der Waals surface area contributed by atoms with Gasteiger partial charge in [-0.15, -0.1) is 0 Å². The fraction of sp³-hybridized carbons (Fsp3) is 0.366. The minimum absolute atomic E-state index is 0.00466. The molecule has 15 nitrogen and oxygen atoms in total. The van der Waals surface area contributed by atoms with Crippen molar-refractivity contribution in [2.24, 2.45) is 10.8 Å². The van der Waals surface area contributed by atoms with Crippen LogP contribution in [0.2, 0.25) is 0 Å². The quantitative estimate of drug-likeness (QED) is 0.0631. The van der Waals surface area contributed by atoms with Crippen molar-refractivity contribution in [2.45, 2.75) is 51.6 Å². The molecule has 1 rings (SSSR count). The van der Waals surface area contributed by atoms with E-state index in [-0.39, 0.29) is 95.4 Å². The van der Waals surface area contributed by atoms with Gasteiger partial charge in [0.05, 0.1) is 5.41 Å². The Hall–Kier alpha value is -6.38. The normalized spacial score (nSPS) is 10.6. The Morgan fingerprint density at radius 2 is 0.804 bits per heavy atom. The van der Waals surface area contributed by atoms with Crippen LogP contribution in [0.25, 0.3) is 0 Å². The van der Waals surface area contributed by atoms with Gasteiger partial charge in [0.1, 0.15) is 33.0 Å². The first kappa shape index (κ1) is 47.6. The number of benzene rings is 1. The van der Waals surface area contributed by atoms with Gasteiger partial charge in [0.2, 0.25) is 0 Å². The highest BCUT2D eigenvalue weighted by molar-refractivity contribution is 5.90. The zero-order valence-corrected chi connectivity index (χ0v) is 31.5. The lowest BCUT2D eigenvalue weighted by Gasteiger charge is -2.32. The average molecular weight is 779 g/mol. The Morgan fingerprint density at radius 1 is 0.482 bits per heavy atom. The molecule has 0 bridgehead atoms. The number of ketones is 3. The molecule has 0 unspecified atom stereocenters. The van der Waals surface area contributed by atoms with Gasteiger partial charge in [-0.1, -0.05) is 63.7 Å². The van der Waals surface area contributed by atoms with E-state index >= 15 is 0 Å². The van der Waals surface area contributed by atoms with Gasteiger partial charge in [0, 0.05) is 56.0 Å². The fourth-order valence-corrected chi connectivity index (χ4v) is 4.85. The van der Waals surface area contributed by atoms with Gasteiger partial charge >= 0.3 is 30.1 Å². The summed E-state index contributed by atoms with van der Waals surface area (Å²) in [5, 5.41) is 5.22. The minimum atomic E-state index is -1.30. The fourth-order valence-electron chi connectivity index (χ4n) is 4.85. The molecule has 0 saturated carbocycles. The Labute approximate surface area is 326 Å². The van der Waals surface area contributed by atoms with Crippen LogP contribution in [-0.4, -0.2) is 80.5 Å². The summed E-state index contributed by atoms with van der Waals surface area (Å²) in [6, 6.07) is 6.83. The van der Waals surface area contributed by atoms with Crippen molar-refractivity contribution in [3.05, 3.63) is 111 Å². The molecule has 2 N–H and O–H groups in total. The molecule has 0 aliphatic rings. The number of ether oxygens (including phenoxy) is 5. The van der Waals surface area contributed by atoms with E-state index in [0.717, 1.165) is 36.5 Å². The number of alkyl carbamates (subject to hydrolysis) is 2. The zero-order chi connectivity index (χ0) is 42.0. The SMILES string of the molecule is C=CC(=O)CCC(CCC(=O)C=C)(COC(=O)C=C)COC(=O)NCc1cccc(CNC(=O)OCC(CCC(=O)C=C)(COC(=O)C=C)COC(=O)C=C)c1.